The number of aromatic carboxylic acids is 1. The van der Waals surface area contributed by atoms with E-state index in [1.807, 2.05) is 0 Å². The highest BCUT2D eigenvalue weighted by Gasteiger charge is 2.19. The van der Waals surface area contributed by atoms with Crippen LogP contribution in [0.1, 0.15) is 10.4 Å². The molecule has 6 nitrogen and oxygen atoms in total. The number of benzene rings is 1. The minimum Gasteiger partial charge on any atom is -0.478 e. The van der Waals surface area contributed by atoms with E-state index in [0.717, 1.165) is 0 Å². The van der Waals surface area contributed by atoms with Gasteiger partial charge in [0.1, 0.15) is 16.9 Å². The monoisotopic (exact) mass is 272 g/mol. The Morgan fingerprint density at radius 3 is 2.75 bits per heavy atom. The van der Waals surface area contributed by atoms with Gasteiger partial charge in [0.2, 0.25) is 0 Å². The standard InChI is InChI=1S/C13H9FN4O2/c14-18-9-4-2-1-3-7(9)11(17-18)12-10(15)8(13(19)20)5-6-16-12/h1-6H,15H2,(H,19,20). The van der Waals surface area contributed by atoms with Crippen LogP contribution in [0.15, 0.2) is 36.5 Å². The van der Waals surface area contributed by atoms with Crippen molar-refractivity contribution >= 4 is 22.6 Å². The molecule has 0 aliphatic carbocycles. The molecular formula is C13H9FN4O2. The molecule has 3 rings (SSSR count). The van der Waals surface area contributed by atoms with Crippen LogP contribution in [0.3, 0.4) is 0 Å². The van der Waals surface area contributed by atoms with E-state index < -0.39 is 5.97 Å². The predicted octanol–water partition coefficient (Wildman–Crippen LogP) is 2.11. The van der Waals surface area contributed by atoms with Gasteiger partial charge in [-0.3, -0.25) is 4.98 Å². The maximum absolute atomic E-state index is 13.7. The minimum absolute atomic E-state index is 0.0381. The van der Waals surface area contributed by atoms with Gasteiger partial charge < -0.3 is 10.8 Å². The first-order valence-electron chi connectivity index (χ1n) is 5.71. The van der Waals surface area contributed by atoms with Crippen LogP contribution in [0.4, 0.5) is 10.2 Å². The summed E-state index contributed by atoms with van der Waals surface area (Å²) in [6, 6.07) is 7.92. The molecule has 0 aliphatic rings. The van der Waals surface area contributed by atoms with Gasteiger partial charge in [-0.15, -0.1) is 5.10 Å². The summed E-state index contributed by atoms with van der Waals surface area (Å²) in [4.78, 5) is 15.3. The van der Waals surface area contributed by atoms with Gasteiger partial charge >= 0.3 is 5.97 Å². The van der Waals surface area contributed by atoms with Crippen molar-refractivity contribution in [2.75, 3.05) is 5.73 Å². The van der Waals surface area contributed by atoms with Crippen LogP contribution in [0.2, 0.25) is 0 Å². The molecule has 0 amide bonds. The number of halogens is 1. The normalized spacial score (nSPS) is 10.8. The molecule has 0 saturated heterocycles. The molecule has 7 heteroatoms. The Labute approximate surface area is 112 Å². The summed E-state index contributed by atoms with van der Waals surface area (Å²) in [5.41, 5.74) is 6.30. The zero-order valence-electron chi connectivity index (χ0n) is 10.1. The number of carbonyl (C=O) groups is 1. The lowest BCUT2D eigenvalue weighted by Crippen LogP contribution is -2.05. The number of pyridine rings is 1. The molecule has 3 N–H and O–H groups in total. The molecule has 0 fully saturated rings. The Kier molecular flexibility index (Phi) is 2.60. The van der Waals surface area contributed by atoms with Crippen LogP contribution in [0.25, 0.3) is 22.3 Å². The zero-order valence-corrected chi connectivity index (χ0v) is 10.1. The number of nitrogen functional groups attached to an aromatic ring is 1. The molecule has 0 saturated carbocycles. The van der Waals surface area contributed by atoms with Gasteiger partial charge in [-0.25, -0.2) is 4.79 Å². The fraction of sp³-hybridized carbons (Fsp3) is 0. The van der Waals surface area contributed by atoms with Crippen molar-refractivity contribution in [2.45, 2.75) is 0 Å². The summed E-state index contributed by atoms with van der Waals surface area (Å²) in [6.07, 6.45) is 1.31. The zero-order chi connectivity index (χ0) is 14.3. The van der Waals surface area contributed by atoms with Gasteiger partial charge in [0.15, 0.2) is 0 Å². The topological polar surface area (TPSA) is 94.0 Å². The number of carboxylic acids is 1. The molecule has 100 valence electrons. The van der Waals surface area contributed by atoms with Gasteiger partial charge in [0, 0.05) is 11.6 Å². The summed E-state index contributed by atoms with van der Waals surface area (Å²) >= 11 is 0. The first-order chi connectivity index (χ1) is 9.59. The summed E-state index contributed by atoms with van der Waals surface area (Å²) < 4.78 is 13.7. The van der Waals surface area contributed by atoms with E-state index in [4.69, 9.17) is 10.8 Å². The highest BCUT2D eigenvalue weighted by molar-refractivity contribution is 6.01. The number of para-hydroxylation sites is 1. The first-order valence-corrected chi connectivity index (χ1v) is 5.71. The van der Waals surface area contributed by atoms with Gasteiger partial charge in [0.05, 0.1) is 11.3 Å². The number of nitrogens with zero attached hydrogens (tertiary/aromatic N) is 3. The van der Waals surface area contributed by atoms with Crippen LogP contribution >= 0.6 is 0 Å². The molecule has 0 aliphatic heterocycles. The molecule has 20 heavy (non-hydrogen) atoms. The summed E-state index contributed by atoms with van der Waals surface area (Å²) in [6.45, 7) is 0. The van der Waals surface area contributed by atoms with Crippen molar-refractivity contribution in [1.29, 1.82) is 0 Å². The Bertz CT molecular complexity index is 828. The molecule has 0 spiro atoms. The molecule has 0 atom stereocenters. The van der Waals surface area contributed by atoms with Crippen LogP contribution < -0.4 is 5.73 Å². The lowest BCUT2D eigenvalue weighted by Gasteiger charge is -2.05. The number of hydrogen-bond donors (Lipinski definition) is 2. The number of nitrogens with two attached hydrogens (primary N) is 1. The van der Waals surface area contributed by atoms with Crippen molar-refractivity contribution in [1.82, 2.24) is 15.0 Å². The van der Waals surface area contributed by atoms with E-state index in [1.54, 1.807) is 24.3 Å². The number of hydrogen-bond acceptors (Lipinski definition) is 4. The molecule has 0 radical (unpaired) electrons. The summed E-state index contributed by atoms with van der Waals surface area (Å²) in [7, 11) is 0. The maximum atomic E-state index is 13.7. The average Bonchev–Trinajstić information content (AvgIpc) is 2.77. The van der Waals surface area contributed by atoms with Crippen molar-refractivity contribution < 1.29 is 14.4 Å². The molecule has 3 aromatic rings. The number of aromatic nitrogens is 3. The molecular weight excluding hydrogens is 263 g/mol. The molecule has 1 aromatic carbocycles. The first kappa shape index (κ1) is 12.1. The summed E-state index contributed by atoms with van der Waals surface area (Å²) in [5.74, 6) is -1.17. The minimum atomic E-state index is -1.17. The lowest BCUT2D eigenvalue weighted by molar-refractivity contribution is 0.0698. The van der Waals surface area contributed by atoms with E-state index >= 15 is 0 Å². The number of anilines is 1. The Hall–Kier alpha value is -2.96. The second-order valence-corrected chi connectivity index (χ2v) is 4.15. The highest BCUT2D eigenvalue weighted by atomic mass is 19.2. The fourth-order valence-electron chi connectivity index (χ4n) is 2.05. The predicted molar refractivity (Wildman–Crippen MR) is 70.8 cm³/mol. The maximum Gasteiger partial charge on any atom is 0.337 e. The van der Waals surface area contributed by atoms with Crippen molar-refractivity contribution in [3.8, 4) is 11.4 Å². The molecule has 0 bridgehead atoms. The van der Waals surface area contributed by atoms with Gasteiger partial charge in [-0.1, -0.05) is 27.6 Å². The highest BCUT2D eigenvalue weighted by Crippen LogP contribution is 2.31. The van der Waals surface area contributed by atoms with Gasteiger partial charge in [0.25, 0.3) is 0 Å². The third-order valence-corrected chi connectivity index (χ3v) is 2.99. The number of fused-ring (bicyclic) bond motifs is 1. The Morgan fingerprint density at radius 1 is 1.25 bits per heavy atom. The van der Waals surface area contributed by atoms with Crippen molar-refractivity contribution in [3.63, 3.8) is 0 Å². The number of rotatable bonds is 2. The molecule has 2 aromatic heterocycles. The van der Waals surface area contributed by atoms with E-state index in [1.165, 1.54) is 12.3 Å². The van der Waals surface area contributed by atoms with Crippen LogP contribution in [0.5, 0.6) is 0 Å². The largest absolute Gasteiger partial charge is 0.478 e. The lowest BCUT2D eigenvalue weighted by atomic mass is 10.1. The number of carboxylic acid groups (broad SMARTS) is 1. The quantitative estimate of drug-likeness (QED) is 0.745. The molecule has 0 unspecified atom stereocenters. The van der Waals surface area contributed by atoms with Gasteiger partial charge in [-0.2, -0.15) is 0 Å². The Balaban J connectivity index is 2.32. The third kappa shape index (κ3) is 1.68. The van der Waals surface area contributed by atoms with Crippen LogP contribution in [-0.4, -0.2) is 26.1 Å². The summed E-state index contributed by atoms with van der Waals surface area (Å²) in [5, 5.41) is 13.3. The molecule has 2 heterocycles. The van der Waals surface area contributed by atoms with E-state index in [9.17, 15) is 9.28 Å². The van der Waals surface area contributed by atoms with E-state index in [2.05, 4.69) is 10.1 Å². The van der Waals surface area contributed by atoms with Crippen LogP contribution in [0, 0.1) is 0 Å². The smallest absolute Gasteiger partial charge is 0.337 e. The second-order valence-electron chi connectivity index (χ2n) is 4.15. The van der Waals surface area contributed by atoms with Crippen molar-refractivity contribution in [2.24, 2.45) is 0 Å². The van der Waals surface area contributed by atoms with Gasteiger partial charge in [-0.05, 0) is 12.1 Å². The van der Waals surface area contributed by atoms with Crippen LogP contribution in [-0.2, 0) is 0 Å². The fourth-order valence-corrected chi connectivity index (χ4v) is 2.05. The average molecular weight is 272 g/mol. The Morgan fingerprint density at radius 2 is 2.00 bits per heavy atom. The van der Waals surface area contributed by atoms with Crippen molar-refractivity contribution in [3.05, 3.63) is 42.1 Å². The van der Waals surface area contributed by atoms with E-state index in [0.29, 0.717) is 5.39 Å². The third-order valence-electron chi connectivity index (χ3n) is 2.99. The second kappa shape index (κ2) is 4.30. The SMILES string of the molecule is Nc1c(C(=O)O)ccnc1-c1nn(F)c2ccccc12. The van der Waals surface area contributed by atoms with E-state index in [-0.39, 0.29) is 33.1 Å².